The van der Waals surface area contributed by atoms with Crippen molar-refractivity contribution < 1.29 is 12.6 Å². The summed E-state index contributed by atoms with van der Waals surface area (Å²) in [4.78, 5) is 7.91. The number of nitrogens with zero attached hydrogens (tertiary/aromatic N) is 2. The van der Waals surface area contributed by atoms with Crippen molar-refractivity contribution >= 4 is 10.1 Å². The molecule has 0 N–H and O–H groups in total. The van der Waals surface area contributed by atoms with Crippen LogP contribution in [0.4, 0.5) is 0 Å². The van der Waals surface area contributed by atoms with Crippen molar-refractivity contribution in [3.8, 4) is 0 Å². The van der Waals surface area contributed by atoms with Gasteiger partial charge in [-0.25, -0.2) is 9.97 Å². The fourth-order valence-electron chi connectivity index (χ4n) is 0.995. The van der Waals surface area contributed by atoms with E-state index in [1.54, 1.807) is 13.8 Å². The molecule has 0 aliphatic rings. The third-order valence-corrected chi connectivity index (χ3v) is 2.34. The largest absolute Gasteiger partial charge is 0.265 e. The maximum atomic E-state index is 10.8. The Hall–Kier alpha value is -1.01. The summed E-state index contributed by atoms with van der Waals surface area (Å²) in [6.45, 7) is 3.57. The number of aromatic nitrogens is 2. The lowest BCUT2D eigenvalue weighted by Gasteiger charge is -2.06. The highest BCUT2D eigenvalue weighted by Crippen LogP contribution is 2.10. The zero-order valence-corrected chi connectivity index (χ0v) is 9.13. The van der Waals surface area contributed by atoms with Crippen molar-refractivity contribution in [2.75, 3.05) is 6.26 Å². The van der Waals surface area contributed by atoms with Gasteiger partial charge in [-0.05, 0) is 13.8 Å². The zero-order valence-electron chi connectivity index (χ0n) is 8.31. The van der Waals surface area contributed by atoms with Gasteiger partial charge < -0.3 is 0 Å². The predicted molar refractivity (Wildman–Crippen MR) is 51.1 cm³/mol. The van der Waals surface area contributed by atoms with E-state index in [2.05, 4.69) is 14.2 Å². The van der Waals surface area contributed by atoms with E-state index in [-0.39, 0.29) is 6.61 Å². The second-order valence-corrected chi connectivity index (χ2v) is 4.63. The Balaban J connectivity index is 2.87. The summed E-state index contributed by atoms with van der Waals surface area (Å²) in [5, 5.41) is 0. The van der Waals surface area contributed by atoms with Gasteiger partial charge in [-0.2, -0.15) is 8.42 Å². The van der Waals surface area contributed by atoms with E-state index in [9.17, 15) is 8.42 Å². The Morgan fingerprint density at radius 3 is 2.21 bits per heavy atom. The zero-order chi connectivity index (χ0) is 10.8. The number of hydrogen-bond acceptors (Lipinski definition) is 5. The van der Waals surface area contributed by atoms with Crippen LogP contribution in [0.3, 0.4) is 0 Å². The van der Waals surface area contributed by atoms with Crippen molar-refractivity contribution in [2.45, 2.75) is 20.5 Å². The Labute approximate surface area is 83.3 Å². The minimum Gasteiger partial charge on any atom is -0.265 e. The molecule has 6 heteroatoms. The first-order chi connectivity index (χ1) is 6.40. The molecule has 0 atom stereocenters. The lowest BCUT2D eigenvalue weighted by Crippen LogP contribution is -2.06. The maximum Gasteiger partial charge on any atom is 0.264 e. The van der Waals surface area contributed by atoms with Crippen LogP contribution in [-0.2, 0) is 20.9 Å². The lowest BCUT2D eigenvalue weighted by atomic mass is 10.2. The normalized spacial score (nSPS) is 11.6. The second-order valence-electron chi connectivity index (χ2n) is 2.99. The van der Waals surface area contributed by atoms with Crippen LogP contribution in [0, 0.1) is 13.8 Å². The van der Waals surface area contributed by atoms with Crippen LogP contribution in [0.15, 0.2) is 6.33 Å². The Morgan fingerprint density at radius 1 is 1.29 bits per heavy atom. The molecule has 0 fully saturated rings. The van der Waals surface area contributed by atoms with E-state index in [4.69, 9.17) is 0 Å². The topological polar surface area (TPSA) is 69.2 Å². The van der Waals surface area contributed by atoms with Gasteiger partial charge in [0.05, 0.1) is 12.9 Å². The molecule has 0 saturated carbocycles. The van der Waals surface area contributed by atoms with Crippen LogP contribution in [-0.4, -0.2) is 24.6 Å². The Morgan fingerprint density at radius 2 is 1.79 bits per heavy atom. The molecule has 14 heavy (non-hydrogen) atoms. The highest BCUT2D eigenvalue weighted by molar-refractivity contribution is 7.85. The molecule has 0 saturated heterocycles. The quantitative estimate of drug-likeness (QED) is 0.691. The molecule has 0 unspecified atom stereocenters. The van der Waals surface area contributed by atoms with Crippen LogP contribution >= 0.6 is 0 Å². The molecule has 0 aromatic carbocycles. The van der Waals surface area contributed by atoms with Gasteiger partial charge in [-0.15, -0.1) is 0 Å². The molecule has 0 aliphatic heterocycles. The summed E-state index contributed by atoms with van der Waals surface area (Å²) in [7, 11) is -3.41. The van der Waals surface area contributed by atoms with Crippen LogP contribution < -0.4 is 0 Å². The fraction of sp³-hybridized carbons (Fsp3) is 0.500. The van der Waals surface area contributed by atoms with Crippen molar-refractivity contribution in [1.29, 1.82) is 0 Å². The van der Waals surface area contributed by atoms with Crippen LogP contribution in [0.2, 0.25) is 0 Å². The van der Waals surface area contributed by atoms with E-state index in [1.807, 2.05) is 0 Å². The molecule has 0 bridgehead atoms. The molecule has 5 nitrogen and oxygen atoms in total. The van der Waals surface area contributed by atoms with E-state index < -0.39 is 10.1 Å². The van der Waals surface area contributed by atoms with Gasteiger partial charge in [0.25, 0.3) is 10.1 Å². The summed E-state index contributed by atoms with van der Waals surface area (Å²) in [5.74, 6) is 0. The number of hydrogen-bond donors (Lipinski definition) is 0. The predicted octanol–water partition coefficient (Wildman–Crippen LogP) is 0.570. The van der Waals surface area contributed by atoms with Crippen molar-refractivity contribution in [3.63, 3.8) is 0 Å². The molecule has 0 aliphatic carbocycles. The van der Waals surface area contributed by atoms with Crippen LogP contribution in [0.5, 0.6) is 0 Å². The summed E-state index contributed by atoms with van der Waals surface area (Å²) >= 11 is 0. The highest BCUT2D eigenvalue weighted by atomic mass is 32.2. The second kappa shape index (κ2) is 4.02. The van der Waals surface area contributed by atoms with E-state index in [0.717, 1.165) is 23.2 Å². The van der Waals surface area contributed by atoms with Crippen molar-refractivity contribution in [3.05, 3.63) is 23.3 Å². The average molecular weight is 216 g/mol. The molecule has 0 radical (unpaired) electrons. The smallest absolute Gasteiger partial charge is 0.264 e. The highest BCUT2D eigenvalue weighted by Gasteiger charge is 2.08. The summed E-state index contributed by atoms with van der Waals surface area (Å²) in [6, 6.07) is 0. The first kappa shape index (κ1) is 11.1. The molecule has 78 valence electrons. The number of aryl methyl sites for hydroxylation is 2. The van der Waals surface area contributed by atoms with E-state index >= 15 is 0 Å². The van der Waals surface area contributed by atoms with E-state index in [0.29, 0.717) is 0 Å². The molecular weight excluding hydrogens is 204 g/mol. The lowest BCUT2D eigenvalue weighted by molar-refractivity contribution is 0.309. The van der Waals surface area contributed by atoms with Gasteiger partial charge >= 0.3 is 0 Å². The van der Waals surface area contributed by atoms with Gasteiger partial charge in [0.15, 0.2) is 0 Å². The minimum atomic E-state index is -3.41. The van der Waals surface area contributed by atoms with Crippen molar-refractivity contribution in [2.24, 2.45) is 0 Å². The molecule has 1 aromatic heterocycles. The van der Waals surface area contributed by atoms with Crippen molar-refractivity contribution in [1.82, 2.24) is 9.97 Å². The number of rotatable bonds is 3. The summed E-state index contributed by atoms with van der Waals surface area (Å²) in [6.07, 6.45) is 2.45. The van der Waals surface area contributed by atoms with E-state index in [1.165, 1.54) is 6.33 Å². The third kappa shape index (κ3) is 3.04. The molecule has 0 amide bonds. The van der Waals surface area contributed by atoms with Gasteiger partial charge in [0.1, 0.15) is 6.33 Å². The SMILES string of the molecule is Cc1ncnc(C)c1COS(C)(=O)=O. The van der Waals surface area contributed by atoms with Gasteiger partial charge in [0.2, 0.25) is 0 Å². The summed E-state index contributed by atoms with van der Waals surface area (Å²) < 4.78 is 26.2. The van der Waals surface area contributed by atoms with Gasteiger partial charge in [-0.1, -0.05) is 0 Å². The molecule has 1 heterocycles. The first-order valence-electron chi connectivity index (χ1n) is 4.01. The van der Waals surface area contributed by atoms with Gasteiger partial charge in [-0.3, -0.25) is 4.18 Å². The standard InChI is InChI=1S/C8H12N2O3S/c1-6-8(4-13-14(3,11)12)7(2)10-5-9-6/h5H,4H2,1-3H3. The Kier molecular flexibility index (Phi) is 3.17. The molecule has 1 aromatic rings. The third-order valence-electron chi connectivity index (χ3n) is 1.79. The molecule has 0 spiro atoms. The minimum absolute atomic E-state index is 0.00264. The summed E-state index contributed by atoms with van der Waals surface area (Å²) in [5.41, 5.74) is 2.19. The average Bonchev–Trinajstić information content (AvgIpc) is 2.01. The molecular formula is C8H12N2O3S. The first-order valence-corrected chi connectivity index (χ1v) is 5.83. The van der Waals surface area contributed by atoms with Crippen LogP contribution in [0.1, 0.15) is 17.0 Å². The maximum absolute atomic E-state index is 10.8. The molecule has 1 rings (SSSR count). The Bertz CT molecular complexity index is 408. The monoisotopic (exact) mass is 216 g/mol. The van der Waals surface area contributed by atoms with Gasteiger partial charge in [0, 0.05) is 17.0 Å². The van der Waals surface area contributed by atoms with Crippen LogP contribution in [0.25, 0.3) is 0 Å². The fourth-order valence-corrected chi connectivity index (χ4v) is 1.33.